The molecule has 3 rings (SSSR count). The first-order valence-corrected chi connectivity index (χ1v) is 9.29. The molecule has 1 aliphatic heterocycles. The lowest BCUT2D eigenvalue weighted by Gasteiger charge is -2.30. The highest BCUT2D eigenvalue weighted by Gasteiger charge is 2.50. The Kier molecular flexibility index (Phi) is 5.75. The van der Waals surface area contributed by atoms with Gasteiger partial charge in [0.1, 0.15) is 5.92 Å². The Hall–Kier alpha value is -2.08. The molecule has 5 nitrogen and oxygen atoms in total. The molecule has 0 fully saturated rings. The number of nitrogens with one attached hydrogen (secondary N) is 1. The number of hydrazone groups is 1. The van der Waals surface area contributed by atoms with Gasteiger partial charge in [0.25, 0.3) is 5.91 Å². The van der Waals surface area contributed by atoms with E-state index >= 15 is 0 Å². The minimum atomic E-state index is -1.91. The minimum absolute atomic E-state index is 0.384. The topological polar surface area (TPSA) is 61.8 Å². The Balaban J connectivity index is 2.11. The second-order valence-corrected chi connectivity index (χ2v) is 8.40. The monoisotopic (exact) mass is 423 g/mol. The minimum Gasteiger partial charge on any atom is -0.348 e. The van der Waals surface area contributed by atoms with Gasteiger partial charge < -0.3 is 5.32 Å². The van der Waals surface area contributed by atoms with Crippen molar-refractivity contribution < 1.29 is 9.59 Å². The second-order valence-electron chi connectivity index (χ2n) is 6.03. The standard InChI is InChI=1S/C19H16Cl3N3O2/c1-12(26)23-17(19(20,21)22)15-16(13-8-4-2-5-9-13)24-25(18(15)27)14-10-6-3-7-11-14/h2-11,15,17H,1H3,(H,23,26)/t15-,17+/m0/s1. The van der Waals surface area contributed by atoms with Crippen molar-refractivity contribution in [3.8, 4) is 0 Å². The smallest absolute Gasteiger partial charge is 0.258 e. The number of nitrogens with zero attached hydrogens (tertiary/aromatic N) is 2. The van der Waals surface area contributed by atoms with Crippen molar-refractivity contribution in [2.75, 3.05) is 5.01 Å². The van der Waals surface area contributed by atoms with Crippen LogP contribution in [0.25, 0.3) is 0 Å². The maximum atomic E-state index is 13.2. The van der Waals surface area contributed by atoms with Crippen molar-refractivity contribution in [2.24, 2.45) is 11.0 Å². The SMILES string of the molecule is CC(=O)N[C@H]([C@H]1C(=O)N(c2ccccc2)N=C1c1ccccc1)C(Cl)(Cl)Cl. The van der Waals surface area contributed by atoms with E-state index in [2.05, 4.69) is 10.4 Å². The number of hydrogen-bond acceptors (Lipinski definition) is 3. The average Bonchev–Trinajstić information content (AvgIpc) is 2.97. The third-order valence-electron chi connectivity index (χ3n) is 4.09. The number of hydrogen-bond donors (Lipinski definition) is 1. The molecule has 0 radical (unpaired) electrons. The summed E-state index contributed by atoms with van der Waals surface area (Å²) in [5.74, 6) is -1.75. The molecule has 1 heterocycles. The van der Waals surface area contributed by atoms with E-state index in [-0.39, 0.29) is 5.91 Å². The molecular formula is C19H16Cl3N3O2. The zero-order chi connectivity index (χ0) is 19.6. The first-order valence-electron chi connectivity index (χ1n) is 8.16. The van der Waals surface area contributed by atoms with Gasteiger partial charge in [0.15, 0.2) is 0 Å². The third-order valence-corrected chi connectivity index (χ3v) is 4.80. The quantitative estimate of drug-likeness (QED) is 0.756. The van der Waals surface area contributed by atoms with Crippen LogP contribution in [0.3, 0.4) is 0 Å². The van der Waals surface area contributed by atoms with Crippen LogP contribution in [0.5, 0.6) is 0 Å². The number of alkyl halides is 3. The summed E-state index contributed by atoms with van der Waals surface area (Å²) in [6.45, 7) is 1.30. The molecule has 0 spiro atoms. The lowest BCUT2D eigenvalue weighted by molar-refractivity contribution is -0.122. The molecule has 1 aliphatic rings. The number of para-hydroxylation sites is 1. The molecule has 1 N–H and O–H groups in total. The van der Waals surface area contributed by atoms with Crippen molar-refractivity contribution in [3.63, 3.8) is 0 Å². The summed E-state index contributed by atoms with van der Waals surface area (Å²) >= 11 is 18.4. The molecule has 0 bridgehead atoms. The number of amides is 2. The number of rotatable bonds is 4. The number of carbonyl (C=O) groups excluding carboxylic acids is 2. The van der Waals surface area contributed by atoms with Crippen molar-refractivity contribution in [3.05, 3.63) is 66.2 Å². The van der Waals surface area contributed by atoms with E-state index in [9.17, 15) is 9.59 Å². The molecule has 0 aromatic heterocycles. The fraction of sp³-hybridized carbons (Fsp3) is 0.211. The van der Waals surface area contributed by atoms with Gasteiger partial charge in [0.05, 0.1) is 17.4 Å². The van der Waals surface area contributed by atoms with Crippen molar-refractivity contribution in [1.82, 2.24) is 5.32 Å². The van der Waals surface area contributed by atoms with E-state index in [4.69, 9.17) is 34.8 Å². The number of carbonyl (C=O) groups is 2. The fourth-order valence-corrected chi connectivity index (χ4v) is 3.48. The highest BCUT2D eigenvalue weighted by Crippen LogP contribution is 2.39. The summed E-state index contributed by atoms with van der Waals surface area (Å²) in [7, 11) is 0. The lowest BCUT2D eigenvalue weighted by Crippen LogP contribution is -2.53. The zero-order valence-corrected chi connectivity index (χ0v) is 16.5. The van der Waals surface area contributed by atoms with Gasteiger partial charge in [-0.1, -0.05) is 83.3 Å². The molecular weight excluding hydrogens is 409 g/mol. The molecule has 2 amide bonds. The zero-order valence-electron chi connectivity index (χ0n) is 14.3. The molecule has 27 heavy (non-hydrogen) atoms. The van der Waals surface area contributed by atoms with Gasteiger partial charge in [-0.25, -0.2) is 0 Å². The van der Waals surface area contributed by atoms with Gasteiger partial charge >= 0.3 is 0 Å². The normalized spacial score (nSPS) is 18.2. The Bertz CT molecular complexity index is 867. The second kappa shape index (κ2) is 7.89. The summed E-state index contributed by atoms with van der Waals surface area (Å²) in [5.41, 5.74) is 1.72. The van der Waals surface area contributed by atoms with Crippen molar-refractivity contribution in [2.45, 2.75) is 16.8 Å². The van der Waals surface area contributed by atoms with E-state index in [1.165, 1.54) is 11.9 Å². The average molecular weight is 425 g/mol. The molecule has 2 atom stereocenters. The summed E-state index contributed by atoms with van der Waals surface area (Å²) < 4.78 is -1.91. The molecule has 8 heteroatoms. The van der Waals surface area contributed by atoms with Crippen LogP contribution in [-0.2, 0) is 9.59 Å². The molecule has 2 aromatic carbocycles. The first-order chi connectivity index (χ1) is 12.8. The highest BCUT2D eigenvalue weighted by atomic mass is 35.6. The highest BCUT2D eigenvalue weighted by molar-refractivity contribution is 6.68. The van der Waals surface area contributed by atoms with Crippen LogP contribution in [0, 0.1) is 5.92 Å². The fourth-order valence-electron chi connectivity index (χ4n) is 2.94. The largest absolute Gasteiger partial charge is 0.348 e. The lowest BCUT2D eigenvalue weighted by atomic mass is 9.90. The van der Waals surface area contributed by atoms with E-state index < -0.39 is 21.7 Å². The van der Waals surface area contributed by atoms with Gasteiger partial charge in [-0.15, -0.1) is 0 Å². The number of benzene rings is 2. The van der Waals surface area contributed by atoms with Crippen LogP contribution < -0.4 is 10.3 Å². The maximum absolute atomic E-state index is 13.2. The van der Waals surface area contributed by atoms with Gasteiger partial charge in [0.2, 0.25) is 9.70 Å². The van der Waals surface area contributed by atoms with E-state index in [0.29, 0.717) is 17.0 Å². The molecule has 0 saturated heterocycles. The summed E-state index contributed by atoms with van der Waals surface area (Å²) in [4.78, 5) is 25.0. The van der Waals surface area contributed by atoms with Crippen LogP contribution in [0.15, 0.2) is 65.8 Å². The summed E-state index contributed by atoms with van der Waals surface area (Å²) in [6.07, 6.45) is 0. The van der Waals surface area contributed by atoms with Crippen molar-refractivity contribution >= 4 is 58.0 Å². The Morgan fingerprint density at radius 1 is 1.07 bits per heavy atom. The van der Waals surface area contributed by atoms with Crippen LogP contribution in [0.1, 0.15) is 12.5 Å². The van der Waals surface area contributed by atoms with Crippen LogP contribution in [0.2, 0.25) is 0 Å². The third kappa shape index (κ3) is 4.26. The molecule has 0 aliphatic carbocycles. The molecule has 0 saturated carbocycles. The predicted molar refractivity (Wildman–Crippen MR) is 108 cm³/mol. The van der Waals surface area contributed by atoms with Gasteiger partial charge in [-0.3, -0.25) is 9.59 Å². The first kappa shape index (κ1) is 19.7. The summed E-state index contributed by atoms with van der Waals surface area (Å²) in [5, 5.41) is 8.38. The van der Waals surface area contributed by atoms with Crippen LogP contribution >= 0.6 is 34.8 Å². The van der Waals surface area contributed by atoms with E-state index in [0.717, 1.165) is 0 Å². The van der Waals surface area contributed by atoms with Crippen LogP contribution in [-0.4, -0.2) is 27.4 Å². The molecule has 0 unspecified atom stereocenters. The van der Waals surface area contributed by atoms with Gasteiger partial charge in [-0.2, -0.15) is 10.1 Å². The number of halogens is 3. The summed E-state index contributed by atoms with van der Waals surface area (Å²) in [6, 6.07) is 17.0. The Morgan fingerprint density at radius 3 is 2.15 bits per heavy atom. The predicted octanol–water partition coefficient (Wildman–Crippen LogP) is 3.93. The van der Waals surface area contributed by atoms with Crippen LogP contribution in [0.4, 0.5) is 5.69 Å². The molecule has 2 aromatic rings. The maximum Gasteiger partial charge on any atom is 0.258 e. The van der Waals surface area contributed by atoms with Gasteiger partial charge in [0, 0.05) is 6.92 Å². The van der Waals surface area contributed by atoms with Crippen molar-refractivity contribution in [1.29, 1.82) is 0 Å². The Labute approximate surface area is 171 Å². The number of anilines is 1. The van der Waals surface area contributed by atoms with E-state index in [1.54, 1.807) is 24.3 Å². The van der Waals surface area contributed by atoms with Gasteiger partial charge in [-0.05, 0) is 17.7 Å². The van der Waals surface area contributed by atoms with E-state index in [1.807, 2.05) is 36.4 Å². The Morgan fingerprint density at radius 2 is 1.63 bits per heavy atom. The molecule has 140 valence electrons.